The first-order valence-electron chi connectivity index (χ1n) is 8.64. The van der Waals surface area contributed by atoms with E-state index in [2.05, 4.69) is 22.0 Å². The van der Waals surface area contributed by atoms with Gasteiger partial charge in [0.1, 0.15) is 5.82 Å². The highest BCUT2D eigenvalue weighted by Crippen LogP contribution is 2.43. The third-order valence-corrected chi connectivity index (χ3v) is 5.73. The summed E-state index contributed by atoms with van der Waals surface area (Å²) in [7, 11) is 0. The third-order valence-electron chi connectivity index (χ3n) is 5.73. The lowest BCUT2D eigenvalue weighted by Gasteiger charge is -2.37. The second-order valence-corrected chi connectivity index (χ2v) is 7.21. The van der Waals surface area contributed by atoms with Gasteiger partial charge in [-0.1, -0.05) is 30.4 Å². The fraction of sp³-hybridized carbons (Fsp3) is 0.579. The number of allylic oxidation sites excluding steroid dienone is 2. The highest BCUT2D eigenvalue weighted by atomic mass is 19.1. The van der Waals surface area contributed by atoms with Crippen molar-refractivity contribution < 1.29 is 4.39 Å². The van der Waals surface area contributed by atoms with Crippen molar-refractivity contribution in [2.24, 2.45) is 17.8 Å². The van der Waals surface area contributed by atoms with E-state index in [4.69, 9.17) is 0 Å². The molecule has 0 radical (unpaired) electrons. The van der Waals surface area contributed by atoms with Gasteiger partial charge in [0.05, 0.1) is 0 Å². The molecule has 1 saturated heterocycles. The Labute approximate surface area is 132 Å². The van der Waals surface area contributed by atoms with E-state index in [0.29, 0.717) is 0 Å². The van der Waals surface area contributed by atoms with Crippen molar-refractivity contribution in [3.8, 4) is 0 Å². The first-order valence-corrected chi connectivity index (χ1v) is 8.64. The lowest BCUT2D eigenvalue weighted by molar-refractivity contribution is 0.108. The number of hydrogen-bond acceptors (Lipinski definition) is 2. The predicted molar refractivity (Wildman–Crippen MR) is 87.0 cm³/mol. The van der Waals surface area contributed by atoms with Gasteiger partial charge in [-0.25, -0.2) is 4.39 Å². The van der Waals surface area contributed by atoms with Crippen molar-refractivity contribution >= 4 is 0 Å². The molecule has 2 aliphatic carbocycles. The van der Waals surface area contributed by atoms with Gasteiger partial charge < -0.3 is 4.90 Å². The molecule has 2 bridgehead atoms. The third kappa shape index (κ3) is 2.97. The average molecular weight is 300 g/mol. The van der Waals surface area contributed by atoms with Crippen molar-refractivity contribution in [2.75, 3.05) is 32.7 Å². The van der Waals surface area contributed by atoms with Gasteiger partial charge >= 0.3 is 0 Å². The van der Waals surface area contributed by atoms with Gasteiger partial charge in [-0.2, -0.15) is 0 Å². The second-order valence-electron chi connectivity index (χ2n) is 7.21. The number of benzene rings is 1. The molecule has 1 aliphatic heterocycles. The molecule has 0 aromatic heterocycles. The van der Waals surface area contributed by atoms with E-state index < -0.39 is 0 Å². The van der Waals surface area contributed by atoms with E-state index in [1.165, 1.54) is 19.4 Å². The second kappa shape index (κ2) is 6.13. The van der Waals surface area contributed by atoms with Crippen LogP contribution in [0.5, 0.6) is 0 Å². The molecule has 22 heavy (non-hydrogen) atoms. The summed E-state index contributed by atoms with van der Waals surface area (Å²) in [5, 5.41) is 0. The van der Waals surface area contributed by atoms with Crippen LogP contribution >= 0.6 is 0 Å². The minimum Gasteiger partial charge on any atom is -0.300 e. The van der Waals surface area contributed by atoms with E-state index >= 15 is 0 Å². The smallest absolute Gasteiger partial charge is 0.127 e. The van der Waals surface area contributed by atoms with Gasteiger partial charge in [0.25, 0.3) is 0 Å². The van der Waals surface area contributed by atoms with Crippen LogP contribution in [-0.4, -0.2) is 42.5 Å². The van der Waals surface area contributed by atoms with Crippen LogP contribution in [0.3, 0.4) is 0 Å². The van der Waals surface area contributed by atoms with E-state index in [0.717, 1.165) is 56.0 Å². The summed E-state index contributed by atoms with van der Waals surface area (Å²) in [6.07, 6.45) is 7.68. The highest BCUT2D eigenvalue weighted by molar-refractivity contribution is 5.17. The Hall–Kier alpha value is -1.19. The molecular weight excluding hydrogens is 275 g/mol. The number of fused-ring (bicyclic) bond motifs is 2. The summed E-state index contributed by atoms with van der Waals surface area (Å²) in [5.74, 6) is 2.53. The van der Waals surface area contributed by atoms with Gasteiger partial charge in [-0.3, -0.25) is 4.90 Å². The molecule has 2 nitrogen and oxygen atoms in total. The van der Waals surface area contributed by atoms with Crippen LogP contribution in [0.1, 0.15) is 18.4 Å². The summed E-state index contributed by atoms with van der Waals surface area (Å²) in [6, 6.07) is 7.16. The Bertz CT molecular complexity index is 548. The zero-order chi connectivity index (χ0) is 14.9. The average Bonchev–Trinajstić information content (AvgIpc) is 3.14. The number of rotatable bonds is 4. The molecule has 0 N–H and O–H groups in total. The van der Waals surface area contributed by atoms with Crippen molar-refractivity contribution in [1.82, 2.24) is 9.80 Å². The summed E-state index contributed by atoms with van der Waals surface area (Å²) in [5.41, 5.74) is 0.828. The molecule has 0 amide bonds. The van der Waals surface area contributed by atoms with Crippen LogP contribution in [0.25, 0.3) is 0 Å². The molecule has 118 valence electrons. The molecule has 3 atom stereocenters. The fourth-order valence-corrected chi connectivity index (χ4v) is 4.43. The Kier molecular flexibility index (Phi) is 4.01. The largest absolute Gasteiger partial charge is 0.300 e. The molecule has 3 aliphatic rings. The zero-order valence-electron chi connectivity index (χ0n) is 13.1. The van der Waals surface area contributed by atoms with Gasteiger partial charge in [-0.15, -0.1) is 0 Å². The zero-order valence-corrected chi connectivity index (χ0v) is 13.1. The molecule has 1 saturated carbocycles. The Balaban J connectivity index is 1.26. The van der Waals surface area contributed by atoms with Crippen LogP contribution in [-0.2, 0) is 6.54 Å². The molecule has 0 unspecified atom stereocenters. The van der Waals surface area contributed by atoms with Crippen LogP contribution in [0.2, 0.25) is 0 Å². The lowest BCUT2D eigenvalue weighted by atomic mass is 9.93. The van der Waals surface area contributed by atoms with Crippen LogP contribution in [0.15, 0.2) is 36.4 Å². The van der Waals surface area contributed by atoms with Crippen LogP contribution in [0, 0.1) is 23.6 Å². The summed E-state index contributed by atoms with van der Waals surface area (Å²) < 4.78 is 13.7. The van der Waals surface area contributed by atoms with E-state index in [1.54, 1.807) is 12.1 Å². The summed E-state index contributed by atoms with van der Waals surface area (Å²) >= 11 is 0. The number of nitrogens with zero attached hydrogens (tertiary/aromatic N) is 2. The summed E-state index contributed by atoms with van der Waals surface area (Å²) in [4.78, 5) is 5.01. The lowest BCUT2D eigenvalue weighted by Crippen LogP contribution is -2.47. The maximum absolute atomic E-state index is 13.7. The SMILES string of the molecule is Fc1ccccc1CN1CCN(C[C@H]2C[C@H]3C=C[C@H]2C3)CC1. The van der Waals surface area contributed by atoms with Crippen molar-refractivity contribution in [3.63, 3.8) is 0 Å². The quantitative estimate of drug-likeness (QED) is 0.788. The Morgan fingerprint density at radius 3 is 2.41 bits per heavy atom. The molecule has 0 spiro atoms. The number of halogens is 1. The predicted octanol–water partition coefficient (Wildman–Crippen LogP) is 3.16. The maximum Gasteiger partial charge on any atom is 0.127 e. The number of piperazine rings is 1. The Morgan fingerprint density at radius 2 is 1.73 bits per heavy atom. The molecule has 3 heteroatoms. The highest BCUT2D eigenvalue weighted by Gasteiger charge is 2.36. The molecule has 1 heterocycles. The minimum atomic E-state index is -0.0707. The molecule has 1 aromatic carbocycles. The van der Waals surface area contributed by atoms with E-state index in [1.807, 2.05) is 12.1 Å². The fourth-order valence-electron chi connectivity index (χ4n) is 4.43. The normalized spacial score (nSPS) is 32.0. The standard InChI is InChI=1S/C19H25FN2/c20-19-4-2-1-3-17(19)13-21-7-9-22(10-8-21)14-18-12-15-5-6-16(18)11-15/h1-6,15-16,18H,7-14H2/t15-,16-,18+/m0/s1. The maximum atomic E-state index is 13.7. The van der Waals surface area contributed by atoms with Gasteiger partial charge in [-0.05, 0) is 36.7 Å². The molecule has 1 aromatic rings. The van der Waals surface area contributed by atoms with Crippen molar-refractivity contribution in [3.05, 3.63) is 47.8 Å². The Morgan fingerprint density at radius 1 is 0.955 bits per heavy atom. The van der Waals surface area contributed by atoms with E-state index in [9.17, 15) is 4.39 Å². The molecule has 2 fully saturated rings. The first-order chi connectivity index (χ1) is 10.8. The van der Waals surface area contributed by atoms with Gasteiger partial charge in [0.2, 0.25) is 0 Å². The topological polar surface area (TPSA) is 6.48 Å². The van der Waals surface area contributed by atoms with Crippen molar-refractivity contribution in [2.45, 2.75) is 19.4 Å². The monoisotopic (exact) mass is 300 g/mol. The van der Waals surface area contributed by atoms with Gasteiger partial charge in [0, 0.05) is 44.8 Å². The first kappa shape index (κ1) is 14.4. The van der Waals surface area contributed by atoms with Crippen LogP contribution in [0.4, 0.5) is 4.39 Å². The summed E-state index contributed by atoms with van der Waals surface area (Å²) in [6.45, 7) is 6.39. The molecular formula is C19H25FN2. The van der Waals surface area contributed by atoms with E-state index in [-0.39, 0.29) is 5.82 Å². The molecule has 4 rings (SSSR count). The number of hydrogen-bond donors (Lipinski definition) is 0. The van der Waals surface area contributed by atoms with Gasteiger partial charge in [0.15, 0.2) is 0 Å². The minimum absolute atomic E-state index is 0.0707. The van der Waals surface area contributed by atoms with Crippen LogP contribution < -0.4 is 0 Å². The van der Waals surface area contributed by atoms with Crippen molar-refractivity contribution in [1.29, 1.82) is 0 Å².